The number of amides is 1. The number of ether oxygens (including phenoxy) is 1. The molecule has 0 aliphatic heterocycles. The van der Waals surface area contributed by atoms with Gasteiger partial charge in [-0.05, 0) is 25.9 Å². The lowest BCUT2D eigenvalue weighted by Gasteiger charge is -2.22. The first-order chi connectivity index (χ1) is 13.2. The van der Waals surface area contributed by atoms with E-state index in [-0.39, 0.29) is 0 Å². The molecule has 1 amide bonds. The van der Waals surface area contributed by atoms with Crippen molar-refractivity contribution >= 4 is 6.09 Å². The normalized spacial score (nSPS) is 11.2. The Morgan fingerprint density at radius 3 is 1.37 bits per heavy atom. The Morgan fingerprint density at radius 1 is 0.630 bits per heavy atom. The summed E-state index contributed by atoms with van der Waals surface area (Å²) in [6.45, 7) is 8.01. The predicted molar refractivity (Wildman–Crippen MR) is 117 cm³/mol. The standard InChI is InChI=1S/C23H48N2O2/c1-3-5-7-9-11-13-15-17-19-25(21-22-27-23(24)26)20-18-16-14-12-10-8-6-4-2/h3-22H2,1-2H3,(H2,24,26). The molecule has 0 fully saturated rings. The second kappa shape index (κ2) is 21.5. The Balaban J connectivity index is 3.75. The minimum Gasteiger partial charge on any atom is -0.448 e. The van der Waals surface area contributed by atoms with Gasteiger partial charge >= 0.3 is 6.09 Å². The maximum absolute atomic E-state index is 10.8. The van der Waals surface area contributed by atoms with E-state index in [1.54, 1.807) is 0 Å². The summed E-state index contributed by atoms with van der Waals surface area (Å²) in [4.78, 5) is 13.2. The van der Waals surface area contributed by atoms with Gasteiger partial charge < -0.3 is 10.5 Å². The third-order valence-electron chi connectivity index (χ3n) is 5.31. The van der Waals surface area contributed by atoms with Crippen molar-refractivity contribution in [1.29, 1.82) is 0 Å². The van der Waals surface area contributed by atoms with Crippen molar-refractivity contribution in [3.63, 3.8) is 0 Å². The van der Waals surface area contributed by atoms with Crippen molar-refractivity contribution in [3.05, 3.63) is 0 Å². The van der Waals surface area contributed by atoms with Gasteiger partial charge in [0.05, 0.1) is 0 Å². The second-order valence-electron chi connectivity index (χ2n) is 7.96. The number of hydrogen-bond donors (Lipinski definition) is 1. The molecule has 162 valence electrons. The number of nitrogens with two attached hydrogens (primary N) is 1. The molecule has 0 heterocycles. The van der Waals surface area contributed by atoms with Crippen LogP contribution in [0.3, 0.4) is 0 Å². The predicted octanol–water partition coefficient (Wildman–Crippen LogP) is 6.67. The Kier molecular flexibility index (Phi) is 20.9. The highest BCUT2D eigenvalue weighted by molar-refractivity contribution is 5.64. The van der Waals surface area contributed by atoms with Crippen molar-refractivity contribution in [2.45, 2.75) is 117 Å². The Labute approximate surface area is 169 Å². The van der Waals surface area contributed by atoms with Gasteiger partial charge in [-0.15, -0.1) is 0 Å². The molecule has 0 saturated carbocycles. The molecule has 0 radical (unpaired) electrons. The van der Waals surface area contributed by atoms with Crippen molar-refractivity contribution in [3.8, 4) is 0 Å². The second-order valence-corrected chi connectivity index (χ2v) is 7.96. The van der Waals surface area contributed by atoms with Crippen LogP contribution < -0.4 is 5.73 Å². The lowest BCUT2D eigenvalue weighted by atomic mass is 10.1. The molecule has 0 unspecified atom stereocenters. The highest BCUT2D eigenvalue weighted by Crippen LogP contribution is 2.11. The maximum atomic E-state index is 10.8. The summed E-state index contributed by atoms with van der Waals surface area (Å²) >= 11 is 0. The summed E-state index contributed by atoms with van der Waals surface area (Å²) in [7, 11) is 0. The van der Waals surface area contributed by atoms with Crippen LogP contribution in [0.2, 0.25) is 0 Å². The van der Waals surface area contributed by atoms with Gasteiger partial charge in [-0.3, -0.25) is 4.90 Å². The molecule has 0 aromatic rings. The SMILES string of the molecule is CCCCCCCCCCN(CCCCCCCCCC)CCOC(N)=O. The van der Waals surface area contributed by atoms with Gasteiger partial charge in [-0.2, -0.15) is 0 Å². The molecule has 4 heteroatoms. The lowest BCUT2D eigenvalue weighted by Crippen LogP contribution is -2.31. The highest BCUT2D eigenvalue weighted by Gasteiger charge is 2.06. The molecule has 0 saturated heterocycles. The fourth-order valence-corrected chi connectivity index (χ4v) is 3.55. The van der Waals surface area contributed by atoms with E-state index in [0.717, 1.165) is 19.6 Å². The molecule has 4 nitrogen and oxygen atoms in total. The van der Waals surface area contributed by atoms with Crippen LogP contribution in [0, 0.1) is 0 Å². The van der Waals surface area contributed by atoms with Crippen LogP contribution in [0.25, 0.3) is 0 Å². The van der Waals surface area contributed by atoms with Crippen molar-refractivity contribution in [1.82, 2.24) is 4.90 Å². The van der Waals surface area contributed by atoms with E-state index in [0.29, 0.717) is 6.61 Å². The Morgan fingerprint density at radius 2 is 1.00 bits per heavy atom. The Hall–Kier alpha value is -0.770. The van der Waals surface area contributed by atoms with Crippen LogP contribution in [0.4, 0.5) is 4.79 Å². The fourth-order valence-electron chi connectivity index (χ4n) is 3.55. The minimum absolute atomic E-state index is 0.420. The summed E-state index contributed by atoms with van der Waals surface area (Å²) in [5, 5.41) is 0. The average molecular weight is 385 g/mol. The Bertz CT molecular complexity index is 291. The van der Waals surface area contributed by atoms with Gasteiger partial charge in [0.25, 0.3) is 0 Å². The van der Waals surface area contributed by atoms with Crippen LogP contribution in [0.5, 0.6) is 0 Å². The first-order valence-electron chi connectivity index (χ1n) is 11.8. The van der Waals surface area contributed by atoms with Gasteiger partial charge in [0, 0.05) is 6.54 Å². The number of unbranched alkanes of at least 4 members (excludes halogenated alkanes) is 14. The van der Waals surface area contributed by atoms with E-state index in [1.165, 1.54) is 103 Å². The summed E-state index contributed by atoms with van der Waals surface area (Å²) in [6.07, 6.45) is 20.9. The number of carbonyl (C=O) groups excluding carboxylic acids is 1. The van der Waals surface area contributed by atoms with E-state index < -0.39 is 6.09 Å². The number of nitrogens with zero attached hydrogens (tertiary/aromatic N) is 1. The van der Waals surface area contributed by atoms with E-state index in [4.69, 9.17) is 10.5 Å². The van der Waals surface area contributed by atoms with Crippen LogP contribution in [0.15, 0.2) is 0 Å². The highest BCUT2D eigenvalue weighted by atomic mass is 16.5. The molecule has 0 spiro atoms. The van der Waals surface area contributed by atoms with Gasteiger partial charge in [-0.1, -0.05) is 104 Å². The van der Waals surface area contributed by atoms with Crippen molar-refractivity contribution in [2.24, 2.45) is 5.73 Å². The van der Waals surface area contributed by atoms with Crippen molar-refractivity contribution < 1.29 is 9.53 Å². The topological polar surface area (TPSA) is 55.6 Å². The monoisotopic (exact) mass is 384 g/mol. The molecule has 0 aliphatic rings. The molecule has 0 rings (SSSR count). The zero-order chi connectivity index (χ0) is 20.0. The molecule has 0 aromatic carbocycles. The molecular weight excluding hydrogens is 336 g/mol. The van der Waals surface area contributed by atoms with Gasteiger partial charge in [-0.25, -0.2) is 4.79 Å². The first kappa shape index (κ1) is 26.2. The fraction of sp³-hybridized carbons (Fsp3) is 0.957. The maximum Gasteiger partial charge on any atom is 0.404 e. The number of hydrogen-bond acceptors (Lipinski definition) is 3. The largest absolute Gasteiger partial charge is 0.448 e. The zero-order valence-corrected chi connectivity index (χ0v) is 18.5. The molecule has 0 atom stereocenters. The van der Waals surface area contributed by atoms with E-state index in [1.807, 2.05) is 0 Å². The van der Waals surface area contributed by atoms with Gasteiger partial charge in [0.2, 0.25) is 0 Å². The van der Waals surface area contributed by atoms with E-state index in [9.17, 15) is 4.79 Å². The van der Waals surface area contributed by atoms with Crippen LogP contribution in [-0.2, 0) is 4.74 Å². The van der Waals surface area contributed by atoms with Crippen LogP contribution in [0.1, 0.15) is 117 Å². The number of primary amides is 1. The third-order valence-corrected chi connectivity index (χ3v) is 5.31. The van der Waals surface area contributed by atoms with Gasteiger partial charge in [0.15, 0.2) is 0 Å². The molecule has 27 heavy (non-hydrogen) atoms. The van der Waals surface area contributed by atoms with Gasteiger partial charge in [0.1, 0.15) is 6.61 Å². The van der Waals surface area contributed by atoms with E-state index in [2.05, 4.69) is 18.7 Å². The van der Waals surface area contributed by atoms with E-state index >= 15 is 0 Å². The summed E-state index contributed by atoms with van der Waals surface area (Å²) in [6, 6.07) is 0. The van der Waals surface area contributed by atoms with Crippen LogP contribution >= 0.6 is 0 Å². The zero-order valence-electron chi connectivity index (χ0n) is 18.5. The summed E-state index contributed by atoms with van der Waals surface area (Å²) < 4.78 is 4.93. The molecule has 0 aromatic heterocycles. The van der Waals surface area contributed by atoms with Crippen LogP contribution in [-0.4, -0.2) is 37.2 Å². The number of rotatable bonds is 21. The quantitative estimate of drug-likeness (QED) is 0.225. The molecular formula is C23H48N2O2. The number of carbonyl (C=O) groups is 1. The minimum atomic E-state index is -0.658. The van der Waals surface area contributed by atoms with Crippen molar-refractivity contribution in [2.75, 3.05) is 26.2 Å². The molecule has 0 bridgehead atoms. The average Bonchev–Trinajstić information content (AvgIpc) is 2.65. The lowest BCUT2D eigenvalue weighted by molar-refractivity contribution is 0.134. The molecule has 2 N–H and O–H groups in total. The molecule has 0 aliphatic carbocycles. The first-order valence-corrected chi connectivity index (χ1v) is 11.8. The smallest absolute Gasteiger partial charge is 0.404 e. The third kappa shape index (κ3) is 21.4. The summed E-state index contributed by atoms with van der Waals surface area (Å²) in [5.74, 6) is 0. The summed E-state index contributed by atoms with van der Waals surface area (Å²) in [5.41, 5.74) is 5.08.